The minimum atomic E-state index is -0.648. The molecule has 4 aromatic rings. The van der Waals surface area contributed by atoms with E-state index in [0.29, 0.717) is 11.6 Å². The van der Waals surface area contributed by atoms with Crippen LogP contribution in [0.2, 0.25) is 0 Å². The molecule has 0 atom stereocenters. The van der Waals surface area contributed by atoms with Gasteiger partial charge in [0.2, 0.25) is 5.89 Å². The van der Waals surface area contributed by atoms with Crippen LogP contribution >= 0.6 is 0 Å². The molecule has 3 aromatic carbocycles. The van der Waals surface area contributed by atoms with Crippen LogP contribution in [0.1, 0.15) is 21.6 Å². The number of amides is 1. The maximum Gasteiger partial charge on any atom is 0.342 e. The first-order valence-electron chi connectivity index (χ1n) is 10.4. The van der Waals surface area contributed by atoms with Gasteiger partial charge in [-0.1, -0.05) is 42.0 Å². The third kappa shape index (κ3) is 5.66. The van der Waals surface area contributed by atoms with Gasteiger partial charge in [-0.15, -0.1) is 0 Å². The minimum absolute atomic E-state index is 0.0430. The number of halogens is 1. The SMILES string of the molecule is Cc1ccc(-c2nc(COC(=O)c3ccccc3OCC(=O)Nc3ccccc3F)co2)cc1. The topological polar surface area (TPSA) is 90.7 Å². The molecule has 0 unspecified atom stereocenters. The van der Waals surface area contributed by atoms with Crippen molar-refractivity contribution in [1.29, 1.82) is 0 Å². The Morgan fingerprint density at radius 1 is 1.00 bits per heavy atom. The van der Waals surface area contributed by atoms with E-state index in [9.17, 15) is 14.0 Å². The van der Waals surface area contributed by atoms with Gasteiger partial charge in [0.15, 0.2) is 6.61 Å². The van der Waals surface area contributed by atoms with E-state index in [1.165, 1.54) is 30.5 Å². The van der Waals surface area contributed by atoms with Gasteiger partial charge in [0.1, 0.15) is 35.7 Å². The van der Waals surface area contributed by atoms with Gasteiger partial charge in [-0.25, -0.2) is 14.2 Å². The number of benzene rings is 3. The molecular formula is C26H21FN2O5. The van der Waals surface area contributed by atoms with Crippen LogP contribution in [0.4, 0.5) is 10.1 Å². The monoisotopic (exact) mass is 460 g/mol. The maximum atomic E-state index is 13.7. The van der Waals surface area contributed by atoms with E-state index in [2.05, 4.69) is 10.3 Å². The number of nitrogens with zero attached hydrogens (tertiary/aromatic N) is 1. The van der Waals surface area contributed by atoms with Gasteiger partial charge in [-0.3, -0.25) is 4.79 Å². The number of carbonyl (C=O) groups excluding carboxylic acids is 2. The summed E-state index contributed by atoms with van der Waals surface area (Å²) < 4.78 is 30.0. The van der Waals surface area contributed by atoms with Gasteiger partial charge >= 0.3 is 5.97 Å². The first kappa shape index (κ1) is 22.7. The quantitative estimate of drug-likeness (QED) is 0.365. The number of anilines is 1. The highest BCUT2D eigenvalue weighted by atomic mass is 19.1. The summed E-state index contributed by atoms with van der Waals surface area (Å²) in [7, 11) is 0. The molecule has 0 spiro atoms. The van der Waals surface area contributed by atoms with Crippen molar-refractivity contribution >= 4 is 17.6 Å². The summed E-state index contributed by atoms with van der Waals surface area (Å²) in [4.78, 5) is 29.1. The van der Waals surface area contributed by atoms with Crippen LogP contribution in [0.25, 0.3) is 11.5 Å². The molecule has 0 aliphatic rings. The number of para-hydroxylation sites is 2. The van der Waals surface area contributed by atoms with Gasteiger partial charge < -0.3 is 19.2 Å². The number of aromatic nitrogens is 1. The number of hydrogen-bond acceptors (Lipinski definition) is 6. The van der Waals surface area contributed by atoms with E-state index in [-0.39, 0.29) is 23.6 Å². The van der Waals surface area contributed by atoms with Crippen molar-refractivity contribution in [3.05, 3.63) is 102 Å². The van der Waals surface area contributed by atoms with Crippen molar-refractivity contribution in [2.75, 3.05) is 11.9 Å². The molecule has 0 aliphatic carbocycles. The zero-order valence-corrected chi connectivity index (χ0v) is 18.3. The van der Waals surface area contributed by atoms with Crippen LogP contribution in [-0.2, 0) is 16.1 Å². The van der Waals surface area contributed by atoms with Crippen molar-refractivity contribution in [3.8, 4) is 17.2 Å². The van der Waals surface area contributed by atoms with Crippen LogP contribution in [0.5, 0.6) is 5.75 Å². The molecule has 1 N–H and O–H groups in total. The van der Waals surface area contributed by atoms with E-state index < -0.39 is 24.3 Å². The molecule has 34 heavy (non-hydrogen) atoms. The van der Waals surface area contributed by atoms with Crippen LogP contribution < -0.4 is 10.1 Å². The lowest BCUT2D eigenvalue weighted by atomic mass is 10.1. The second-order valence-corrected chi connectivity index (χ2v) is 7.40. The molecule has 4 rings (SSSR count). The molecule has 0 saturated heterocycles. The smallest absolute Gasteiger partial charge is 0.342 e. The van der Waals surface area contributed by atoms with Crippen LogP contribution in [-0.4, -0.2) is 23.5 Å². The Kier molecular flexibility index (Phi) is 6.98. The highest BCUT2D eigenvalue weighted by Gasteiger charge is 2.16. The average Bonchev–Trinajstić information content (AvgIpc) is 3.32. The summed E-state index contributed by atoms with van der Waals surface area (Å²) in [5, 5.41) is 2.42. The standard InChI is InChI=1S/C26H21FN2O5/c1-17-10-12-18(13-11-17)25-28-19(14-33-25)15-34-26(31)20-6-2-5-9-23(20)32-16-24(30)29-22-8-4-3-7-21(22)27/h2-14H,15-16H2,1H3,(H,29,30). The summed E-state index contributed by atoms with van der Waals surface area (Å²) in [6.07, 6.45) is 1.43. The fraction of sp³-hybridized carbons (Fsp3) is 0.115. The highest BCUT2D eigenvalue weighted by Crippen LogP contribution is 2.22. The summed E-state index contributed by atoms with van der Waals surface area (Å²) >= 11 is 0. The molecule has 8 heteroatoms. The lowest BCUT2D eigenvalue weighted by Gasteiger charge is -2.11. The predicted octanol–water partition coefficient (Wildman–Crippen LogP) is 5.16. The lowest BCUT2D eigenvalue weighted by molar-refractivity contribution is -0.118. The zero-order chi connectivity index (χ0) is 23.9. The molecule has 0 fully saturated rings. The second-order valence-electron chi connectivity index (χ2n) is 7.40. The van der Waals surface area contributed by atoms with E-state index in [4.69, 9.17) is 13.9 Å². The fourth-order valence-electron chi connectivity index (χ4n) is 3.07. The molecule has 0 bridgehead atoms. The van der Waals surface area contributed by atoms with Crippen molar-refractivity contribution in [2.24, 2.45) is 0 Å². The number of esters is 1. The second kappa shape index (κ2) is 10.4. The Morgan fingerprint density at radius 3 is 2.53 bits per heavy atom. The summed E-state index contributed by atoms with van der Waals surface area (Å²) in [5.74, 6) is -1.19. The Balaban J connectivity index is 1.35. The summed E-state index contributed by atoms with van der Waals surface area (Å²) in [6, 6.07) is 19.9. The van der Waals surface area contributed by atoms with Crippen LogP contribution in [0.3, 0.4) is 0 Å². The molecule has 7 nitrogen and oxygen atoms in total. The van der Waals surface area contributed by atoms with Gasteiger partial charge in [0.25, 0.3) is 5.91 Å². The zero-order valence-electron chi connectivity index (χ0n) is 18.3. The summed E-state index contributed by atoms with van der Waals surface area (Å²) in [5.41, 5.74) is 2.57. The minimum Gasteiger partial charge on any atom is -0.483 e. The number of oxazole rings is 1. The fourth-order valence-corrected chi connectivity index (χ4v) is 3.07. The van der Waals surface area contributed by atoms with E-state index in [1.807, 2.05) is 31.2 Å². The van der Waals surface area contributed by atoms with Gasteiger partial charge in [0, 0.05) is 5.56 Å². The molecule has 1 aromatic heterocycles. The normalized spacial score (nSPS) is 10.5. The molecule has 0 aliphatic heterocycles. The van der Waals surface area contributed by atoms with Crippen LogP contribution in [0.15, 0.2) is 83.5 Å². The van der Waals surface area contributed by atoms with Crippen molar-refractivity contribution in [2.45, 2.75) is 13.5 Å². The predicted molar refractivity (Wildman–Crippen MR) is 123 cm³/mol. The first-order valence-corrected chi connectivity index (χ1v) is 10.4. The lowest BCUT2D eigenvalue weighted by Crippen LogP contribution is -2.21. The first-order chi connectivity index (χ1) is 16.5. The van der Waals surface area contributed by atoms with Crippen molar-refractivity contribution in [1.82, 2.24) is 4.98 Å². The van der Waals surface area contributed by atoms with E-state index >= 15 is 0 Å². The number of rotatable bonds is 8. The van der Waals surface area contributed by atoms with Gasteiger partial charge in [0.05, 0.1) is 5.69 Å². The van der Waals surface area contributed by atoms with Crippen molar-refractivity contribution < 1.29 is 27.9 Å². The van der Waals surface area contributed by atoms with E-state index in [1.54, 1.807) is 24.3 Å². The Labute approximate surface area is 195 Å². The van der Waals surface area contributed by atoms with E-state index in [0.717, 1.165) is 11.1 Å². The molecule has 0 radical (unpaired) electrons. The number of hydrogen-bond donors (Lipinski definition) is 1. The van der Waals surface area contributed by atoms with Crippen molar-refractivity contribution in [3.63, 3.8) is 0 Å². The largest absolute Gasteiger partial charge is 0.483 e. The van der Waals surface area contributed by atoms with Gasteiger partial charge in [-0.05, 0) is 43.3 Å². The third-order valence-electron chi connectivity index (χ3n) is 4.82. The molecule has 1 heterocycles. The Hall–Kier alpha value is -4.46. The maximum absolute atomic E-state index is 13.7. The van der Waals surface area contributed by atoms with Crippen LogP contribution in [0, 0.1) is 12.7 Å². The third-order valence-corrected chi connectivity index (χ3v) is 4.82. The van der Waals surface area contributed by atoms with Gasteiger partial charge in [-0.2, -0.15) is 0 Å². The molecule has 172 valence electrons. The molecule has 1 amide bonds. The number of ether oxygens (including phenoxy) is 2. The number of nitrogens with one attached hydrogen (secondary N) is 1. The Morgan fingerprint density at radius 2 is 1.74 bits per heavy atom. The average molecular weight is 460 g/mol. The summed E-state index contributed by atoms with van der Waals surface area (Å²) in [6.45, 7) is 1.47. The Bertz CT molecular complexity index is 1300. The molecular weight excluding hydrogens is 439 g/mol. The number of carbonyl (C=O) groups is 2. The molecule has 0 saturated carbocycles. The highest BCUT2D eigenvalue weighted by molar-refractivity contribution is 5.94. The number of aryl methyl sites for hydroxylation is 1.